The zero-order valence-electron chi connectivity index (χ0n) is 18.4. The fourth-order valence-electron chi connectivity index (χ4n) is 2.68. The van der Waals surface area contributed by atoms with Crippen LogP contribution in [0.2, 0.25) is 0 Å². The number of carbonyl (C=O) groups excluding carboxylic acids is 6. The first-order valence-electron chi connectivity index (χ1n) is 10.5. The van der Waals surface area contributed by atoms with Crippen molar-refractivity contribution in [3.8, 4) is 0 Å². The maximum absolute atomic E-state index is 11.7. The summed E-state index contributed by atoms with van der Waals surface area (Å²) in [5.74, 6) is -3.31. The van der Waals surface area contributed by atoms with Gasteiger partial charge in [0.25, 0.3) is 17.7 Å². The third-order valence-electron chi connectivity index (χ3n) is 4.48. The number of rotatable bonds is 18. The summed E-state index contributed by atoms with van der Waals surface area (Å²) < 4.78 is 10.5. The topological polar surface area (TPSA) is 200 Å². The first-order valence-corrected chi connectivity index (χ1v) is 10.5. The Morgan fingerprint density at radius 3 is 2.21 bits per heavy atom. The fourth-order valence-corrected chi connectivity index (χ4v) is 2.68. The molecule has 0 aliphatic carbocycles. The molecule has 0 aromatic carbocycles. The standard InChI is InChI=1S/C20H31N5O8/c21-14(19(30)20(22)31)3-1-2-7-23-16(27)13-33-12-11-32-10-8-24-15(26)6-9-25-17(28)4-5-18(25)29/h4-5,14H,1-3,6-13,21H2,(H2,22,31)(H,23,27)(H,24,26). The molecule has 0 radical (unpaired) electrons. The second-order valence-corrected chi connectivity index (χ2v) is 7.11. The van der Waals surface area contributed by atoms with Crippen LogP contribution >= 0.6 is 0 Å². The minimum Gasteiger partial charge on any atom is -0.377 e. The number of hydrogen-bond donors (Lipinski definition) is 4. The second kappa shape index (κ2) is 15.6. The van der Waals surface area contributed by atoms with Crippen LogP contribution in [0.1, 0.15) is 25.7 Å². The molecular weight excluding hydrogens is 438 g/mol. The van der Waals surface area contributed by atoms with Gasteiger partial charge in [0, 0.05) is 38.2 Å². The van der Waals surface area contributed by atoms with Crippen LogP contribution < -0.4 is 22.1 Å². The van der Waals surface area contributed by atoms with Crippen LogP contribution in [0.25, 0.3) is 0 Å². The zero-order valence-corrected chi connectivity index (χ0v) is 18.4. The summed E-state index contributed by atoms with van der Waals surface area (Å²) >= 11 is 0. The molecule has 1 heterocycles. The maximum Gasteiger partial charge on any atom is 0.286 e. The fraction of sp³-hybridized carbons (Fsp3) is 0.600. The average molecular weight is 469 g/mol. The van der Waals surface area contributed by atoms with E-state index in [4.69, 9.17) is 20.9 Å². The highest BCUT2D eigenvalue weighted by atomic mass is 16.5. The summed E-state index contributed by atoms with van der Waals surface area (Å²) in [4.78, 5) is 69.0. The van der Waals surface area contributed by atoms with Gasteiger partial charge < -0.3 is 31.6 Å². The van der Waals surface area contributed by atoms with E-state index in [1.54, 1.807) is 0 Å². The molecule has 13 nitrogen and oxygen atoms in total. The number of imide groups is 1. The second-order valence-electron chi connectivity index (χ2n) is 7.11. The van der Waals surface area contributed by atoms with Gasteiger partial charge in [0.2, 0.25) is 17.6 Å². The van der Waals surface area contributed by atoms with Crippen molar-refractivity contribution in [1.82, 2.24) is 15.5 Å². The highest BCUT2D eigenvalue weighted by Crippen LogP contribution is 2.04. The van der Waals surface area contributed by atoms with Crippen molar-refractivity contribution in [3.05, 3.63) is 12.2 Å². The van der Waals surface area contributed by atoms with Crippen LogP contribution in [-0.4, -0.2) is 92.3 Å². The normalized spacial score (nSPS) is 13.8. The van der Waals surface area contributed by atoms with E-state index >= 15 is 0 Å². The van der Waals surface area contributed by atoms with E-state index in [2.05, 4.69) is 10.6 Å². The lowest BCUT2D eigenvalue weighted by Gasteiger charge is -2.13. The first kappa shape index (κ1) is 27.9. The van der Waals surface area contributed by atoms with Crippen LogP contribution in [0.5, 0.6) is 0 Å². The van der Waals surface area contributed by atoms with Crippen LogP contribution in [0.4, 0.5) is 0 Å². The van der Waals surface area contributed by atoms with Crippen molar-refractivity contribution in [2.45, 2.75) is 31.7 Å². The van der Waals surface area contributed by atoms with Crippen LogP contribution in [0.15, 0.2) is 12.2 Å². The monoisotopic (exact) mass is 469 g/mol. The van der Waals surface area contributed by atoms with Crippen molar-refractivity contribution in [2.75, 3.05) is 46.1 Å². The number of unbranched alkanes of at least 4 members (excludes halogenated alkanes) is 1. The number of primary amides is 1. The number of hydrogen-bond acceptors (Lipinski definition) is 9. The Balaban J connectivity index is 1.91. The summed E-state index contributed by atoms with van der Waals surface area (Å²) in [6, 6.07) is -0.918. The van der Waals surface area contributed by atoms with E-state index in [0.717, 1.165) is 17.1 Å². The summed E-state index contributed by atoms with van der Waals surface area (Å²) in [7, 11) is 0. The molecule has 0 aromatic heterocycles. The molecule has 13 heteroatoms. The predicted molar refractivity (Wildman–Crippen MR) is 114 cm³/mol. The van der Waals surface area contributed by atoms with Gasteiger partial charge in [-0.25, -0.2) is 0 Å². The molecule has 1 unspecified atom stereocenters. The van der Waals surface area contributed by atoms with Crippen LogP contribution in [0, 0.1) is 0 Å². The van der Waals surface area contributed by atoms with Gasteiger partial charge in [-0.05, 0) is 19.3 Å². The molecule has 1 atom stereocenters. The van der Waals surface area contributed by atoms with E-state index in [-0.39, 0.29) is 57.8 Å². The number of carbonyl (C=O) groups is 6. The van der Waals surface area contributed by atoms with Gasteiger partial charge >= 0.3 is 0 Å². The number of amides is 5. The Labute approximate surface area is 191 Å². The SMILES string of the molecule is NC(=O)C(=O)C(N)CCCCNC(=O)COCCOCCNC(=O)CCN1C(=O)C=CC1=O. The quantitative estimate of drug-likeness (QED) is 0.0924. The molecule has 0 bridgehead atoms. The molecule has 0 fully saturated rings. The number of nitrogens with two attached hydrogens (primary N) is 2. The third-order valence-corrected chi connectivity index (χ3v) is 4.48. The molecule has 0 aromatic rings. The van der Waals surface area contributed by atoms with Gasteiger partial charge in [0.1, 0.15) is 6.61 Å². The third kappa shape index (κ3) is 11.9. The number of ether oxygens (including phenoxy) is 2. The maximum atomic E-state index is 11.7. The number of Topliss-reactive ketones (excluding diaryl/α,β-unsaturated/α-hetero) is 1. The number of nitrogens with zero attached hydrogens (tertiary/aromatic N) is 1. The Hall–Kier alpha value is -3.16. The molecule has 0 saturated carbocycles. The van der Waals surface area contributed by atoms with Gasteiger partial charge in [-0.2, -0.15) is 0 Å². The Kier molecular flexibility index (Phi) is 13.2. The van der Waals surface area contributed by atoms with E-state index in [1.165, 1.54) is 0 Å². The van der Waals surface area contributed by atoms with E-state index in [0.29, 0.717) is 25.8 Å². The molecule has 0 saturated heterocycles. The van der Waals surface area contributed by atoms with E-state index < -0.39 is 29.5 Å². The molecule has 184 valence electrons. The van der Waals surface area contributed by atoms with Crippen molar-refractivity contribution in [2.24, 2.45) is 11.5 Å². The first-order chi connectivity index (χ1) is 15.7. The summed E-state index contributed by atoms with van der Waals surface area (Å²) in [6.45, 7) is 1.19. The number of nitrogens with one attached hydrogen (secondary N) is 2. The summed E-state index contributed by atoms with van der Waals surface area (Å²) in [5, 5.41) is 5.26. The minimum absolute atomic E-state index is 0.00961. The number of ketones is 1. The van der Waals surface area contributed by atoms with Gasteiger partial charge in [0.05, 0.1) is 25.9 Å². The van der Waals surface area contributed by atoms with Crippen molar-refractivity contribution < 1.29 is 38.2 Å². The zero-order chi connectivity index (χ0) is 24.6. The Morgan fingerprint density at radius 2 is 1.55 bits per heavy atom. The molecule has 33 heavy (non-hydrogen) atoms. The Morgan fingerprint density at radius 1 is 0.909 bits per heavy atom. The van der Waals surface area contributed by atoms with Crippen LogP contribution in [0.3, 0.4) is 0 Å². The van der Waals surface area contributed by atoms with Gasteiger partial charge in [-0.1, -0.05) is 0 Å². The average Bonchev–Trinajstić information content (AvgIpc) is 3.10. The molecule has 1 aliphatic heterocycles. The van der Waals surface area contributed by atoms with Gasteiger partial charge in [0.15, 0.2) is 0 Å². The van der Waals surface area contributed by atoms with Crippen molar-refractivity contribution in [1.29, 1.82) is 0 Å². The lowest BCUT2D eigenvalue weighted by Crippen LogP contribution is -2.39. The van der Waals surface area contributed by atoms with Crippen molar-refractivity contribution >= 4 is 35.3 Å². The van der Waals surface area contributed by atoms with E-state index in [9.17, 15) is 28.8 Å². The lowest BCUT2D eigenvalue weighted by molar-refractivity contribution is -0.137. The Bertz CT molecular complexity index is 737. The van der Waals surface area contributed by atoms with E-state index in [1.807, 2.05) is 0 Å². The predicted octanol–water partition coefficient (Wildman–Crippen LogP) is -2.88. The van der Waals surface area contributed by atoms with Crippen LogP contribution in [-0.2, 0) is 38.2 Å². The highest BCUT2D eigenvalue weighted by Gasteiger charge is 2.23. The smallest absolute Gasteiger partial charge is 0.286 e. The highest BCUT2D eigenvalue weighted by molar-refractivity contribution is 6.37. The molecule has 1 aliphatic rings. The van der Waals surface area contributed by atoms with Gasteiger partial charge in [-0.3, -0.25) is 33.7 Å². The largest absolute Gasteiger partial charge is 0.377 e. The molecule has 6 N–H and O–H groups in total. The summed E-state index contributed by atoms with van der Waals surface area (Å²) in [6.07, 6.45) is 3.78. The molecule has 0 spiro atoms. The van der Waals surface area contributed by atoms with Crippen molar-refractivity contribution in [3.63, 3.8) is 0 Å². The lowest BCUT2D eigenvalue weighted by atomic mass is 10.1. The van der Waals surface area contributed by atoms with Gasteiger partial charge in [-0.15, -0.1) is 0 Å². The molecular formula is C20H31N5O8. The molecule has 5 amide bonds. The summed E-state index contributed by atoms with van der Waals surface area (Å²) in [5.41, 5.74) is 10.4. The minimum atomic E-state index is -1.05. The molecule has 1 rings (SSSR count).